The van der Waals surface area contributed by atoms with Crippen molar-refractivity contribution in [1.29, 1.82) is 0 Å². The fourth-order valence-electron chi connectivity index (χ4n) is 3.90. The Morgan fingerprint density at radius 3 is 2.72 bits per heavy atom. The summed E-state index contributed by atoms with van der Waals surface area (Å²) >= 11 is 0. The second kappa shape index (κ2) is 6.46. The van der Waals surface area contributed by atoms with Crippen LogP contribution in [0.4, 0.5) is 0 Å². The molecular formula is C20H26N2O3. The monoisotopic (exact) mass is 342 g/mol. The van der Waals surface area contributed by atoms with Gasteiger partial charge in [-0.25, -0.2) is 4.98 Å². The van der Waals surface area contributed by atoms with Crippen molar-refractivity contribution < 1.29 is 14.3 Å². The molecule has 1 N–H and O–H groups in total. The van der Waals surface area contributed by atoms with Gasteiger partial charge in [0, 0.05) is 12.0 Å². The van der Waals surface area contributed by atoms with Crippen LogP contribution in [0.25, 0.3) is 0 Å². The molecule has 1 aliphatic carbocycles. The molecule has 2 atom stereocenters. The number of likely N-dealkylation sites (tertiary alicyclic amines) is 1. The van der Waals surface area contributed by atoms with Gasteiger partial charge in [0.15, 0.2) is 0 Å². The Balaban J connectivity index is 1.50. The molecule has 2 aliphatic rings. The first kappa shape index (κ1) is 16.6. The number of methoxy groups -OCH3 is 1. The summed E-state index contributed by atoms with van der Waals surface area (Å²) in [6, 6.07) is 7.76. The van der Waals surface area contributed by atoms with E-state index in [0.29, 0.717) is 12.5 Å². The maximum Gasteiger partial charge on any atom is 0.208 e. The van der Waals surface area contributed by atoms with Crippen LogP contribution in [0.2, 0.25) is 0 Å². The van der Waals surface area contributed by atoms with E-state index in [4.69, 9.17) is 9.15 Å². The lowest BCUT2D eigenvalue weighted by molar-refractivity contribution is -0.0275. The molecule has 0 bridgehead atoms. The number of oxazole rings is 1. The lowest BCUT2D eigenvalue weighted by Gasteiger charge is -2.36. The van der Waals surface area contributed by atoms with Crippen LogP contribution in [-0.4, -0.2) is 34.7 Å². The van der Waals surface area contributed by atoms with Gasteiger partial charge in [0.05, 0.1) is 19.9 Å². The van der Waals surface area contributed by atoms with Gasteiger partial charge < -0.3 is 14.3 Å². The van der Waals surface area contributed by atoms with Crippen LogP contribution in [0, 0.1) is 0 Å². The zero-order valence-corrected chi connectivity index (χ0v) is 14.9. The topological polar surface area (TPSA) is 58.7 Å². The van der Waals surface area contributed by atoms with Gasteiger partial charge in [0.2, 0.25) is 5.89 Å². The molecule has 134 valence electrons. The molecule has 0 radical (unpaired) electrons. The molecule has 0 unspecified atom stereocenters. The van der Waals surface area contributed by atoms with Crippen molar-refractivity contribution in [3.05, 3.63) is 47.7 Å². The summed E-state index contributed by atoms with van der Waals surface area (Å²) in [7, 11) is 1.65. The van der Waals surface area contributed by atoms with E-state index in [0.717, 1.165) is 42.4 Å². The Morgan fingerprint density at radius 2 is 2.04 bits per heavy atom. The summed E-state index contributed by atoms with van der Waals surface area (Å²) in [6.45, 7) is 3.52. The highest BCUT2D eigenvalue weighted by molar-refractivity contribution is 5.31. The van der Waals surface area contributed by atoms with Gasteiger partial charge in [0.1, 0.15) is 17.1 Å². The Bertz CT molecular complexity index is 719. The second-order valence-corrected chi connectivity index (χ2v) is 7.44. The number of ether oxygens (including phenoxy) is 1. The van der Waals surface area contributed by atoms with Crippen molar-refractivity contribution in [3.63, 3.8) is 0 Å². The van der Waals surface area contributed by atoms with E-state index >= 15 is 0 Å². The lowest BCUT2D eigenvalue weighted by Crippen LogP contribution is -2.45. The van der Waals surface area contributed by atoms with Gasteiger partial charge in [-0.15, -0.1) is 0 Å². The Labute approximate surface area is 148 Å². The van der Waals surface area contributed by atoms with Crippen LogP contribution in [0.5, 0.6) is 5.75 Å². The van der Waals surface area contributed by atoms with Gasteiger partial charge in [-0.2, -0.15) is 0 Å². The number of benzene rings is 1. The summed E-state index contributed by atoms with van der Waals surface area (Å²) in [5, 5.41) is 11.3. The molecule has 25 heavy (non-hydrogen) atoms. The largest absolute Gasteiger partial charge is 0.497 e. The van der Waals surface area contributed by atoms with E-state index in [9.17, 15) is 5.11 Å². The van der Waals surface area contributed by atoms with Crippen LogP contribution < -0.4 is 4.74 Å². The minimum atomic E-state index is -0.922. The third-order valence-electron chi connectivity index (χ3n) is 5.58. The number of rotatable bonds is 6. The normalized spacial score (nSPS) is 23.6. The Kier molecular flexibility index (Phi) is 4.29. The molecule has 2 fully saturated rings. The molecule has 1 aliphatic heterocycles. The molecule has 0 amide bonds. The van der Waals surface area contributed by atoms with E-state index in [1.54, 1.807) is 7.11 Å². The predicted octanol–water partition coefficient (Wildman–Crippen LogP) is 3.43. The average molecular weight is 342 g/mol. The zero-order valence-electron chi connectivity index (χ0n) is 14.9. The third-order valence-corrected chi connectivity index (χ3v) is 5.58. The van der Waals surface area contributed by atoms with Gasteiger partial charge in [-0.1, -0.05) is 12.1 Å². The van der Waals surface area contributed by atoms with Crippen molar-refractivity contribution in [2.24, 2.45) is 0 Å². The van der Waals surface area contributed by atoms with E-state index < -0.39 is 5.60 Å². The minimum Gasteiger partial charge on any atom is -0.497 e. The fraction of sp³-hybridized carbons (Fsp3) is 0.550. The Morgan fingerprint density at radius 1 is 1.28 bits per heavy atom. The molecule has 1 aromatic carbocycles. The van der Waals surface area contributed by atoms with Crippen LogP contribution in [0.3, 0.4) is 0 Å². The molecule has 5 nitrogen and oxygen atoms in total. The molecular weight excluding hydrogens is 316 g/mol. The zero-order chi connectivity index (χ0) is 17.4. The molecule has 5 heteroatoms. The molecule has 2 heterocycles. The first-order valence-electron chi connectivity index (χ1n) is 9.13. The van der Waals surface area contributed by atoms with Crippen molar-refractivity contribution in [1.82, 2.24) is 9.88 Å². The molecule has 2 aromatic rings. The lowest BCUT2D eigenvalue weighted by atomic mass is 9.86. The van der Waals surface area contributed by atoms with E-state index in [2.05, 4.69) is 9.88 Å². The quantitative estimate of drug-likeness (QED) is 0.871. The van der Waals surface area contributed by atoms with E-state index in [1.807, 2.05) is 37.4 Å². The number of nitrogens with zero attached hydrogens (tertiary/aromatic N) is 2. The minimum absolute atomic E-state index is 0.0529. The highest BCUT2D eigenvalue weighted by Gasteiger charge is 2.41. The standard InChI is InChI=1S/C20H26N2O3/c1-20(23,15-7-9-16(24-2)10-8-15)18-4-3-11-22(18)13-19-21-12-17(25-19)14-5-6-14/h7-10,12,14,18,23H,3-6,11,13H2,1-2H3/t18-,20+/m0/s1. The Hall–Kier alpha value is -1.85. The van der Waals surface area contributed by atoms with Crippen LogP contribution >= 0.6 is 0 Å². The maximum absolute atomic E-state index is 11.3. The highest BCUT2D eigenvalue weighted by atomic mass is 16.5. The van der Waals surface area contributed by atoms with E-state index in [-0.39, 0.29) is 6.04 Å². The van der Waals surface area contributed by atoms with E-state index in [1.165, 1.54) is 12.8 Å². The summed E-state index contributed by atoms with van der Waals surface area (Å²) in [5.74, 6) is 3.17. The molecule has 4 rings (SSSR count). The summed E-state index contributed by atoms with van der Waals surface area (Å²) in [5.41, 5.74) is -0.00872. The van der Waals surface area contributed by atoms with Crippen molar-refractivity contribution in [3.8, 4) is 5.75 Å². The molecule has 0 spiro atoms. The number of aromatic nitrogens is 1. The van der Waals surface area contributed by atoms with Crippen LogP contribution in [0.15, 0.2) is 34.9 Å². The SMILES string of the molecule is COc1ccc([C@@](C)(O)[C@@H]2CCCN2Cc2ncc(C3CC3)o2)cc1. The predicted molar refractivity (Wildman–Crippen MR) is 94.5 cm³/mol. The number of hydrogen-bond donors (Lipinski definition) is 1. The second-order valence-electron chi connectivity index (χ2n) is 7.44. The number of hydrogen-bond acceptors (Lipinski definition) is 5. The van der Waals surface area contributed by atoms with Crippen molar-refractivity contribution in [2.45, 2.75) is 56.7 Å². The first-order valence-corrected chi connectivity index (χ1v) is 9.13. The highest BCUT2D eigenvalue weighted by Crippen LogP contribution is 2.41. The smallest absolute Gasteiger partial charge is 0.208 e. The summed E-state index contributed by atoms with van der Waals surface area (Å²) in [6.07, 6.45) is 6.35. The van der Waals surface area contributed by atoms with Crippen LogP contribution in [0.1, 0.15) is 55.7 Å². The third kappa shape index (κ3) is 3.31. The number of aliphatic hydroxyl groups is 1. The van der Waals surface area contributed by atoms with Crippen molar-refractivity contribution in [2.75, 3.05) is 13.7 Å². The van der Waals surface area contributed by atoms with Gasteiger partial charge in [-0.05, 0) is 56.8 Å². The van der Waals surface area contributed by atoms with Gasteiger partial charge in [-0.3, -0.25) is 4.90 Å². The average Bonchev–Trinajstić information content (AvgIpc) is 3.18. The molecule has 1 aromatic heterocycles. The molecule has 1 saturated heterocycles. The van der Waals surface area contributed by atoms with Gasteiger partial charge in [0.25, 0.3) is 0 Å². The van der Waals surface area contributed by atoms with Crippen LogP contribution in [-0.2, 0) is 12.1 Å². The molecule has 1 saturated carbocycles. The summed E-state index contributed by atoms with van der Waals surface area (Å²) < 4.78 is 11.1. The maximum atomic E-state index is 11.3. The summed E-state index contributed by atoms with van der Waals surface area (Å²) in [4.78, 5) is 6.74. The fourth-order valence-corrected chi connectivity index (χ4v) is 3.90. The van der Waals surface area contributed by atoms with Gasteiger partial charge >= 0.3 is 0 Å². The first-order chi connectivity index (χ1) is 12.1. The van der Waals surface area contributed by atoms with Crippen molar-refractivity contribution >= 4 is 0 Å².